The van der Waals surface area contributed by atoms with E-state index in [0.29, 0.717) is 11.7 Å². The quantitative estimate of drug-likeness (QED) is 0.674. The Labute approximate surface area is 90.6 Å². The van der Waals surface area contributed by atoms with Gasteiger partial charge < -0.3 is 5.11 Å². The lowest BCUT2D eigenvalue weighted by Gasteiger charge is -2.22. The average Bonchev–Trinajstić information content (AvgIpc) is 2.23. The third-order valence-corrected chi connectivity index (χ3v) is 3.33. The molecule has 1 aliphatic rings. The van der Waals surface area contributed by atoms with Gasteiger partial charge in [-0.25, -0.2) is 0 Å². The number of aromatic hydroxyl groups is 1. The molecule has 1 aromatic carbocycles. The first-order valence-corrected chi connectivity index (χ1v) is 5.74. The van der Waals surface area contributed by atoms with Gasteiger partial charge in [-0.1, -0.05) is 19.3 Å². The second-order valence-electron chi connectivity index (χ2n) is 4.08. The van der Waals surface area contributed by atoms with Gasteiger partial charge in [-0.15, -0.1) is 12.6 Å². The van der Waals surface area contributed by atoms with Crippen molar-refractivity contribution >= 4 is 12.6 Å². The number of thiol groups is 1. The van der Waals surface area contributed by atoms with Crippen LogP contribution in [0.5, 0.6) is 5.75 Å². The highest BCUT2D eigenvalue weighted by molar-refractivity contribution is 7.80. The molecule has 1 aliphatic carbocycles. The van der Waals surface area contributed by atoms with Crippen LogP contribution in [0.2, 0.25) is 0 Å². The summed E-state index contributed by atoms with van der Waals surface area (Å²) in [5.74, 6) is 0.991. The summed E-state index contributed by atoms with van der Waals surface area (Å²) < 4.78 is 0. The van der Waals surface area contributed by atoms with Crippen LogP contribution in [-0.2, 0) is 0 Å². The van der Waals surface area contributed by atoms with E-state index in [-0.39, 0.29) is 0 Å². The molecular weight excluding hydrogens is 192 g/mol. The molecule has 0 atom stereocenters. The van der Waals surface area contributed by atoms with E-state index in [0.717, 1.165) is 10.5 Å². The highest BCUT2D eigenvalue weighted by Gasteiger charge is 2.18. The second-order valence-corrected chi connectivity index (χ2v) is 4.59. The van der Waals surface area contributed by atoms with Gasteiger partial charge in [-0.3, -0.25) is 0 Å². The van der Waals surface area contributed by atoms with Gasteiger partial charge >= 0.3 is 0 Å². The van der Waals surface area contributed by atoms with Gasteiger partial charge in [0.2, 0.25) is 0 Å². The SMILES string of the molecule is Oc1ccc(S)cc1C1CCCCC1. The summed E-state index contributed by atoms with van der Waals surface area (Å²) >= 11 is 4.31. The molecule has 0 heterocycles. The van der Waals surface area contributed by atoms with Crippen molar-refractivity contribution < 1.29 is 5.11 Å². The van der Waals surface area contributed by atoms with E-state index >= 15 is 0 Å². The zero-order chi connectivity index (χ0) is 9.97. The third-order valence-electron chi connectivity index (χ3n) is 3.06. The van der Waals surface area contributed by atoms with Crippen LogP contribution in [0.1, 0.15) is 43.6 Å². The first-order valence-electron chi connectivity index (χ1n) is 5.29. The van der Waals surface area contributed by atoms with Gasteiger partial charge in [0, 0.05) is 4.90 Å². The smallest absolute Gasteiger partial charge is 0.119 e. The zero-order valence-electron chi connectivity index (χ0n) is 8.24. The molecule has 1 aromatic rings. The minimum absolute atomic E-state index is 0.440. The van der Waals surface area contributed by atoms with Crippen LogP contribution < -0.4 is 0 Å². The molecule has 0 radical (unpaired) electrons. The predicted octanol–water partition coefficient (Wildman–Crippen LogP) is 3.73. The lowest BCUT2D eigenvalue weighted by Crippen LogP contribution is -2.04. The fourth-order valence-corrected chi connectivity index (χ4v) is 2.50. The van der Waals surface area contributed by atoms with Crippen LogP contribution in [0, 0.1) is 0 Å². The first kappa shape index (κ1) is 9.91. The Balaban J connectivity index is 2.24. The molecular formula is C12H16OS. The number of phenolic OH excluding ortho intramolecular Hbond substituents is 1. The molecule has 2 heteroatoms. The Morgan fingerprint density at radius 2 is 1.86 bits per heavy atom. The van der Waals surface area contributed by atoms with Crippen molar-refractivity contribution in [2.45, 2.75) is 42.9 Å². The van der Waals surface area contributed by atoms with Gasteiger partial charge in [0.05, 0.1) is 0 Å². The molecule has 1 nitrogen and oxygen atoms in total. The van der Waals surface area contributed by atoms with Gasteiger partial charge in [-0.2, -0.15) is 0 Å². The Bertz CT molecular complexity index is 316. The van der Waals surface area contributed by atoms with Crippen molar-refractivity contribution in [3.8, 4) is 5.75 Å². The lowest BCUT2D eigenvalue weighted by atomic mass is 9.84. The van der Waals surface area contributed by atoms with Crippen LogP contribution in [0.4, 0.5) is 0 Å². The van der Waals surface area contributed by atoms with E-state index in [1.807, 2.05) is 12.1 Å². The summed E-state index contributed by atoms with van der Waals surface area (Å²) in [7, 11) is 0. The molecule has 0 spiro atoms. The van der Waals surface area contributed by atoms with Crippen LogP contribution in [0.15, 0.2) is 23.1 Å². The molecule has 0 bridgehead atoms. The van der Waals surface area contributed by atoms with Crippen molar-refractivity contribution in [3.05, 3.63) is 23.8 Å². The van der Waals surface area contributed by atoms with E-state index in [1.165, 1.54) is 32.1 Å². The fraction of sp³-hybridized carbons (Fsp3) is 0.500. The molecule has 1 fully saturated rings. The minimum atomic E-state index is 0.440. The van der Waals surface area contributed by atoms with E-state index < -0.39 is 0 Å². The van der Waals surface area contributed by atoms with E-state index in [2.05, 4.69) is 12.6 Å². The van der Waals surface area contributed by atoms with Crippen molar-refractivity contribution in [2.24, 2.45) is 0 Å². The molecule has 0 aliphatic heterocycles. The molecule has 14 heavy (non-hydrogen) atoms. The molecule has 0 saturated heterocycles. The van der Waals surface area contributed by atoms with E-state index in [4.69, 9.17) is 0 Å². The third kappa shape index (κ3) is 2.06. The number of rotatable bonds is 1. The fourth-order valence-electron chi connectivity index (χ4n) is 2.28. The summed E-state index contributed by atoms with van der Waals surface area (Å²) in [5, 5.41) is 9.75. The van der Waals surface area contributed by atoms with Crippen LogP contribution in [-0.4, -0.2) is 5.11 Å². The Morgan fingerprint density at radius 1 is 1.14 bits per heavy atom. The summed E-state index contributed by atoms with van der Waals surface area (Å²) in [4.78, 5) is 0.948. The van der Waals surface area contributed by atoms with Gasteiger partial charge in [0.25, 0.3) is 0 Å². The Hall–Kier alpha value is -0.630. The van der Waals surface area contributed by atoms with Crippen LogP contribution >= 0.6 is 12.6 Å². The maximum Gasteiger partial charge on any atom is 0.119 e. The van der Waals surface area contributed by atoms with Crippen LogP contribution in [0.25, 0.3) is 0 Å². The monoisotopic (exact) mass is 208 g/mol. The minimum Gasteiger partial charge on any atom is -0.508 e. The summed E-state index contributed by atoms with van der Waals surface area (Å²) in [6.07, 6.45) is 6.36. The Morgan fingerprint density at radius 3 is 2.57 bits per heavy atom. The number of phenols is 1. The van der Waals surface area contributed by atoms with E-state index in [1.54, 1.807) is 6.07 Å². The largest absolute Gasteiger partial charge is 0.508 e. The standard InChI is InChI=1S/C12H16OS/c13-12-7-6-10(14)8-11(12)9-4-2-1-3-5-9/h6-9,13-14H,1-5H2. The summed E-state index contributed by atoms with van der Waals surface area (Å²) in [6.45, 7) is 0. The molecule has 1 saturated carbocycles. The second kappa shape index (κ2) is 4.26. The molecule has 0 unspecified atom stereocenters. The van der Waals surface area contributed by atoms with Gasteiger partial charge in [-0.05, 0) is 42.5 Å². The first-order chi connectivity index (χ1) is 6.77. The molecule has 0 aromatic heterocycles. The van der Waals surface area contributed by atoms with Gasteiger partial charge in [0.15, 0.2) is 0 Å². The maximum atomic E-state index is 9.75. The van der Waals surface area contributed by atoms with Crippen molar-refractivity contribution in [2.75, 3.05) is 0 Å². The lowest BCUT2D eigenvalue weighted by molar-refractivity contribution is 0.413. The Kier molecular flexibility index (Phi) is 3.02. The number of hydrogen-bond donors (Lipinski definition) is 2. The van der Waals surface area contributed by atoms with Crippen molar-refractivity contribution in [1.82, 2.24) is 0 Å². The maximum absolute atomic E-state index is 9.75. The normalized spacial score (nSPS) is 18.4. The van der Waals surface area contributed by atoms with Crippen LogP contribution in [0.3, 0.4) is 0 Å². The topological polar surface area (TPSA) is 20.2 Å². The summed E-state index contributed by atoms with van der Waals surface area (Å²) in [6, 6.07) is 5.60. The van der Waals surface area contributed by atoms with Crippen molar-refractivity contribution in [3.63, 3.8) is 0 Å². The summed E-state index contributed by atoms with van der Waals surface area (Å²) in [5.41, 5.74) is 1.09. The highest BCUT2D eigenvalue weighted by atomic mass is 32.1. The van der Waals surface area contributed by atoms with E-state index in [9.17, 15) is 5.11 Å². The highest BCUT2D eigenvalue weighted by Crippen LogP contribution is 2.37. The predicted molar refractivity (Wildman–Crippen MR) is 61.2 cm³/mol. The number of hydrogen-bond acceptors (Lipinski definition) is 2. The molecule has 1 N–H and O–H groups in total. The zero-order valence-corrected chi connectivity index (χ0v) is 9.13. The van der Waals surface area contributed by atoms with Crippen molar-refractivity contribution in [1.29, 1.82) is 0 Å². The number of benzene rings is 1. The van der Waals surface area contributed by atoms with Gasteiger partial charge in [0.1, 0.15) is 5.75 Å². The molecule has 2 rings (SSSR count). The molecule has 0 amide bonds. The molecule has 76 valence electrons. The average molecular weight is 208 g/mol.